The lowest BCUT2D eigenvalue weighted by molar-refractivity contribution is 0.149. The highest BCUT2D eigenvalue weighted by molar-refractivity contribution is 9.11. The van der Waals surface area contributed by atoms with E-state index in [0.717, 1.165) is 26.8 Å². The molecule has 6 heteroatoms. The first kappa shape index (κ1) is 15.2. The molecule has 21 heavy (non-hydrogen) atoms. The Kier molecular flexibility index (Phi) is 4.47. The number of aromatic amines is 1. The van der Waals surface area contributed by atoms with E-state index in [1.807, 2.05) is 6.07 Å². The van der Waals surface area contributed by atoms with Gasteiger partial charge >= 0.3 is 0 Å². The zero-order valence-corrected chi connectivity index (χ0v) is 15.0. The summed E-state index contributed by atoms with van der Waals surface area (Å²) in [5.74, 6) is 0.740. The van der Waals surface area contributed by atoms with Gasteiger partial charge in [-0.05, 0) is 54.4 Å². The fraction of sp³-hybridized carbons (Fsp3) is 0.467. The van der Waals surface area contributed by atoms with Crippen LogP contribution in [0.2, 0.25) is 0 Å². The summed E-state index contributed by atoms with van der Waals surface area (Å²) in [5.41, 5.74) is 0.642. The van der Waals surface area contributed by atoms with Crippen LogP contribution >= 0.6 is 31.9 Å². The van der Waals surface area contributed by atoms with Crippen LogP contribution in [-0.4, -0.2) is 27.5 Å². The van der Waals surface area contributed by atoms with Gasteiger partial charge in [0.15, 0.2) is 0 Å². The van der Waals surface area contributed by atoms with Crippen molar-refractivity contribution in [3.05, 3.63) is 37.3 Å². The highest BCUT2D eigenvalue weighted by atomic mass is 79.9. The number of fused-ring (bicyclic) bond motifs is 1. The molecule has 2 aromatic rings. The zero-order valence-electron chi connectivity index (χ0n) is 11.8. The average molecular weight is 415 g/mol. The minimum atomic E-state index is -0.0818. The number of nitrogens with zero attached hydrogens (tertiary/aromatic N) is 2. The average Bonchev–Trinajstić information content (AvgIpc) is 2.43. The number of aromatic nitrogens is 2. The largest absolute Gasteiger partial charge is 0.309 e. The van der Waals surface area contributed by atoms with Gasteiger partial charge in [0.2, 0.25) is 0 Å². The molecule has 1 aromatic carbocycles. The first-order valence-electron chi connectivity index (χ1n) is 7.16. The molecule has 0 radical (unpaired) electrons. The molecular weight excluding hydrogens is 398 g/mol. The summed E-state index contributed by atoms with van der Waals surface area (Å²) >= 11 is 6.90. The number of halogens is 2. The number of benzene rings is 1. The quantitative estimate of drug-likeness (QED) is 0.812. The Morgan fingerprint density at radius 3 is 2.95 bits per heavy atom. The van der Waals surface area contributed by atoms with Crippen molar-refractivity contribution in [2.75, 3.05) is 6.54 Å². The molecule has 0 spiro atoms. The fourth-order valence-electron chi connectivity index (χ4n) is 2.87. The van der Waals surface area contributed by atoms with Crippen LogP contribution in [0.5, 0.6) is 0 Å². The third kappa shape index (κ3) is 3.22. The van der Waals surface area contributed by atoms with Gasteiger partial charge in [-0.15, -0.1) is 0 Å². The first-order valence-corrected chi connectivity index (χ1v) is 8.75. The van der Waals surface area contributed by atoms with Gasteiger partial charge in [-0.2, -0.15) is 0 Å². The number of hydrogen-bond donors (Lipinski definition) is 1. The van der Waals surface area contributed by atoms with Crippen molar-refractivity contribution in [1.82, 2.24) is 14.9 Å². The Bertz CT molecular complexity index is 729. The molecule has 1 aromatic heterocycles. The van der Waals surface area contributed by atoms with Gasteiger partial charge in [0.25, 0.3) is 5.56 Å². The van der Waals surface area contributed by atoms with E-state index in [9.17, 15) is 4.79 Å². The van der Waals surface area contributed by atoms with Gasteiger partial charge in [0.1, 0.15) is 5.82 Å². The molecule has 0 amide bonds. The Balaban J connectivity index is 1.98. The van der Waals surface area contributed by atoms with Crippen LogP contribution in [0.3, 0.4) is 0 Å². The van der Waals surface area contributed by atoms with E-state index in [4.69, 9.17) is 0 Å². The van der Waals surface area contributed by atoms with Crippen LogP contribution in [0.1, 0.15) is 32.0 Å². The van der Waals surface area contributed by atoms with Crippen LogP contribution in [0, 0.1) is 0 Å². The molecule has 0 unspecified atom stereocenters. The molecule has 1 fully saturated rings. The normalized spacial score (nSPS) is 20.0. The van der Waals surface area contributed by atoms with Gasteiger partial charge < -0.3 is 4.98 Å². The molecule has 0 bridgehead atoms. The summed E-state index contributed by atoms with van der Waals surface area (Å²) in [7, 11) is 0. The number of likely N-dealkylation sites (tertiary alicyclic amines) is 1. The molecule has 0 saturated carbocycles. The maximum atomic E-state index is 12.3. The standard InChI is InChI=1S/C15H17Br2N3O/c1-9-4-2-3-5-20(9)8-13-18-14-11(15(21)19-13)6-10(16)7-12(14)17/h6-7,9H,2-5,8H2,1H3,(H,18,19,21)/t9-/m1/s1. The zero-order chi connectivity index (χ0) is 15.0. The topological polar surface area (TPSA) is 49.0 Å². The summed E-state index contributed by atoms with van der Waals surface area (Å²) in [6.45, 7) is 4.02. The van der Waals surface area contributed by atoms with Crippen molar-refractivity contribution < 1.29 is 0 Å². The molecule has 1 aliphatic rings. The predicted octanol–water partition coefficient (Wildman–Crippen LogP) is 3.82. The predicted molar refractivity (Wildman–Crippen MR) is 91.5 cm³/mol. The van der Waals surface area contributed by atoms with Crippen molar-refractivity contribution in [3.8, 4) is 0 Å². The van der Waals surface area contributed by atoms with E-state index in [1.165, 1.54) is 19.3 Å². The summed E-state index contributed by atoms with van der Waals surface area (Å²) in [6.07, 6.45) is 3.73. The van der Waals surface area contributed by atoms with Crippen LogP contribution in [0.15, 0.2) is 25.9 Å². The van der Waals surface area contributed by atoms with E-state index in [-0.39, 0.29) is 5.56 Å². The molecule has 1 aliphatic heterocycles. The SMILES string of the molecule is C[C@@H]1CCCCN1Cc1nc2c(Br)cc(Br)cc2c(=O)[nH]1. The van der Waals surface area contributed by atoms with Crippen molar-refractivity contribution >= 4 is 42.8 Å². The lowest BCUT2D eigenvalue weighted by atomic mass is 10.0. The van der Waals surface area contributed by atoms with E-state index in [0.29, 0.717) is 18.0 Å². The fourth-order valence-corrected chi connectivity index (χ4v) is 4.19. The Labute approximate surface area is 140 Å². The number of rotatable bonds is 2. The molecule has 1 N–H and O–H groups in total. The van der Waals surface area contributed by atoms with Crippen molar-refractivity contribution in [2.24, 2.45) is 0 Å². The van der Waals surface area contributed by atoms with E-state index < -0.39 is 0 Å². The molecular formula is C15H17Br2N3O. The lowest BCUT2D eigenvalue weighted by Crippen LogP contribution is -2.37. The van der Waals surface area contributed by atoms with Gasteiger partial charge in [-0.1, -0.05) is 22.4 Å². The second kappa shape index (κ2) is 6.18. The highest BCUT2D eigenvalue weighted by Crippen LogP contribution is 2.25. The van der Waals surface area contributed by atoms with E-state index >= 15 is 0 Å². The minimum absolute atomic E-state index is 0.0818. The summed E-state index contributed by atoms with van der Waals surface area (Å²) in [6, 6.07) is 4.27. The van der Waals surface area contributed by atoms with Crippen molar-refractivity contribution in [2.45, 2.75) is 38.8 Å². The van der Waals surface area contributed by atoms with E-state index in [2.05, 4.69) is 53.7 Å². The molecule has 0 aliphatic carbocycles. The molecule has 1 saturated heterocycles. The maximum Gasteiger partial charge on any atom is 0.258 e. The number of hydrogen-bond acceptors (Lipinski definition) is 3. The number of piperidine rings is 1. The Morgan fingerprint density at radius 2 is 2.19 bits per heavy atom. The Hall–Kier alpha value is -0.720. The van der Waals surface area contributed by atoms with Crippen LogP contribution in [0.4, 0.5) is 0 Å². The maximum absolute atomic E-state index is 12.3. The Morgan fingerprint density at radius 1 is 1.38 bits per heavy atom. The van der Waals surface area contributed by atoms with Gasteiger partial charge in [0.05, 0.1) is 17.4 Å². The van der Waals surface area contributed by atoms with Crippen molar-refractivity contribution in [1.29, 1.82) is 0 Å². The van der Waals surface area contributed by atoms with Crippen LogP contribution in [-0.2, 0) is 6.54 Å². The van der Waals surface area contributed by atoms with Gasteiger partial charge in [0, 0.05) is 15.0 Å². The minimum Gasteiger partial charge on any atom is -0.309 e. The van der Waals surface area contributed by atoms with Gasteiger partial charge in [-0.3, -0.25) is 9.69 Å². The molecule has 3 rings (SSSR count). The highest BCUT2D eigenvalue weighted by Gasteiger charge is 2.19. The van der Waals surface area contributed by atoms with Gasteiger partial charge in [-0.25, -0.2) is 4.98 Å². The smallest absolute Gasteiger partial charge is 0.258 e. The summed E-state index contributed by atoms with van der Waals surface area (Å²) < 4.78 is 1.71. The third-order valence-electron chi connectivity index (χ3n) is 4.07. The second-order valence-corrected chi connectivity index (χ2v) is 7.38. The second-order valence-electron chi connectivity index (χ2n) is 5.61. The molecule has 112 valence electrons. The van der Waals surface area contributed by atoms with Crippen LogP contribution < -0.4 is 5.56 Å². The number of H-pyrrole nitrogens is 1. The lowest BCUT2D eigenvalue weighted by Gasteiger charge is -2.32. The van der Waals surface area contributed by atoms with Crippen molar-refractivity contribution in [3.63, 3.8) is 0 Å². The molecule has 1 atom stereocenters. The first-order chi connectivity index (χ1) is 10.0. The summed E-state index contributed by atoms with van der Waals surface area (Å²) in [5, 5.41) is 0.603. The molecule has 2 heterocycles. The number of nitrogens with one attached hydrogen (secondary N) is 1. The van der Waals surface area contributed by atoms with E-state index in [1.54, 1.807) is 6.07 Å². The summed E-state index contributed by atoms with van der Waals surface area (Å²) in [4.78, 5) is 22.2. The third-order valence-corrected chi connectivity index (χ3v) is 5.13. The van der Waals surface area contributed by atoms with Crippen LogP contribution in [0.25, 0.3) is 10.9 Å². The monoisotopic (exact) mass is 413 g/mol. The molecule has 4 nitrogen and oxygen atoms in total.